The van der Waals surface area contributed by atoms with Gasteiger partial charge in [0, 0.05) is 49.9 Å². The minimum absolute atomic E-state index is 0.00398. The van der Waals surface area contributed by atoms with Crippen molar-refractivity contribution in [3.63, 3.8) is 0 Å². The highest BCUT2D eigenvalue weighted by atomic mass is 35.6. The summed E-state index contributed by atoms with van der Waals surface area (Å²) >= 11 is 17.2. The molecule has 3 aromatic carbocycles. The van der Waals surface area contributed by atoms with Crippen LogP contribution in [0.2, 0.25) is 0 Å². The van der Waals surface area contributed by atoms with E-state index in [4.69, 9.17) is 44.3 Å². The monoisotopic (exact) mass is 667 g/mol. The molecule has 0 bridgehead atoms. The molecule has 2 heterocycles. The van der Waals surface area contributed by atoms with Gasteiger partial charge in [-0.15, -0.1) is 0 Å². The molecule has 4 aromatic rings. The second kappa shape index (κ2) is 15.5. The predicted molar refractivity (Wildman–Crippen MR) is 178 cm³/mol. The van der Waals surface area contributed by atoms with Gasteiger partial charge in [0.05, 0.1) is 18.8 Å². The molecule has 3 atom stereocenters. The summed E-state index contributed by atoms with van der Waals surface area (Å²) in [7, 11) is 2.10. The second-order valence-corrected chi connectivity index (χ2v) is 13.4. The molecule has 7 nitrogen and oxygen atoms in total. The number of likely N-dealkylation sites (N-methyl/N-ethyl adjacent to an activating group) is 1. The Morgan fingerprint density at radius 1 is 0.956 bits per heavy atom. The first-order valence-corrected chi connectivity index (χ1v) is 16.0. The number of alkyl halides is 3. The molecule has 1 aromatic heterocycles. The zero-order valence-corrected chi connectivity index (χ0v) is 27.2. The highest BCUT2D eigenvalue weighted by molar-refractivity contribution is 6.76. The summed E-state index contributed by atoms with van der Waals surface area (Å²) in [5, 5.41) is 12.2. The van der Waals surface area contributed by atoms with Gasteiger partial charge in [-0.3, -0.25) is 9.78 Å². The quantitative estimate of drug-likeness (QED) is 0.169. The average Bonchev–Trinajstić information content (AvgIpc) is 3.06. The van der Waals surface area contributed by atoms with E-state index in [1.807, 2.05) is 97.2 Å². The number of nitrogens with zero attached hydrogens (tertiary/aromatic N) is 2. The molecule has 1 aliphatic rings. The Balaban J connectivity index is 1.31. The predicted octanol–water partition coefficient (Wildman–Crippen LogP) is 6.95. The van der Waals surface area contributed by atoms with E-state index in [1.165, 1.54) is 0 Å². The zero-order valence-electron chi connectivity index (χ0n) is 24.9. The number of ether oxygens (including phenoxy) is 2. The lowest BCUT2D eigenvalue weighted by molar-refractivity contribution is -0.252. The SMILES string of the molecule is CN(CCc1ccccn1)C[C@@H]1C[C@H](c2ccc(CO)cc2)O[C@H](c2ccc(-c3ccccc3CNC(=O)C(Cl)(Cl)Cl)cc2)O1. The van der Waals surface area contributed by atoms with Crippen LogP contribution in [-0.2, 0) is 33.8 Å². The number of aromatic nitrogens is 1. The van der Waals surface area contributed by atoms with Crippen LogP contribution in [0.25, 0.3) is 11.1 Å². The van der Waals surface area contributed by atoms with Crippen LogP contribution >= 0.6 is 34.8 Å². The van der Waals surface area contributed by atoms with Gasteiger partial charge in [0.1, 0.15) is 0 Å². The van der Waals surface area contributed by atoms with E-state index in [0.29, 0.717) is 6.42 Å². The van der Waals surface area contributed by atoms with Crippen LogP contribution in [0, 0.1) is 0 Å². The number of aliphatic hydroxyl groups is 1. The van der Waals surface area contributed by atoms with Crippen LogP contribution in [0.1, 0.15) is 46.8 Å². The number of rotatable bonds is 11. The molecule has 1 fully saturated rings. The second-order valence-electron chi connectivity index (χ2n) is 11.1. The minimum Gasteiger partial charge on any atom is -0.392 e. The molecular formula is C35H36Cl3N3O4. The fourth-order valence-corrected chi connectivity index (χ4v) is 5.58. The highest BCUT2D eigenvalue weighted by Gasteiger charge is 2.33. The van der Waals surface area contributed by atoms with Crippen molar-refractivity contribution < 1.29 is 19.4 Å². The highest BCUT2D eigenvalue weighted by Crippen LogP contribution is 2.39. The van der Waals surface area contributed by atoms with Crippen molar-refractivity contribution in [2.24, 2.45) is 0 Å². The van der Waals surface area contributed by atoms with Gasteiger partial charge in [0.2, 0.25) is 0 Å². The number of carbonyl (C=O) groups excluding carboxylic acids is 1. The van der Waals surface area contributed by atoms with Crippen molar-refractivity contribution in [2.45, 2.75) is 48.3 Å². The van der Waals surface area contributed by atoms with Gasteiger partial charge >= 0.3 is 0 Å². The van der Waals surface area contributed by atoms with Gasteiger partial charge in [-0.25, -0.2) is 0 Å². The Bertz CT molecular complexity index is 1530. The molecule has 0 spiro atoms. The fourth-order valence-electron chi connectivity index (χ4n) is 5.37. The summed E-state index contributed by atoms with van der Waals surface area (Å²) in [4.78, 5) is 18.8. The number of pyridine rings is 1. The molecule has 45 heavy (non-hydrogen) atoms. The number of halogens is 3. The molecule has 1 saturated heterocycles. The molecule has 2 N–H and O–H groups in total. The van der Waals surface area contributed by atoms with Crippen LogP contribution in [0.3, 0.4) is 0 Å². The van der Waals surface area contributed by atoms with Gasteiger partial charge in [-0.1, -0.05) is 114 Å². The maximum atomic E-state index is 12.1. The molecule has 0 unspecified atom stereocenters. The molecule has 0 aliphatic carbocycles. The smallest absolute Gasteiger partial charge is 0.272 e. The maximum absolute atomic E-state index is 12.1. The van der Waals surface area contributed by atoms with E-state index in [-0.39, 0.29) is 25.4 Å². The van der Waals surface area contributed by atoms with Crippen LogP contribution in [0.15, 0.2) is 97.2 Å². The van der Waals surface area contributed by atoms with Crippen LogP contribution in [-0.4, -0.2) is 50.9 Å². The molecule has 236 valence electrons. The molecule has 1 amide bonds. The van der Waals surface area contributed by atoms with E-state index in [2.05, 4.69) is 22.2 Å². The molecule has 10 heteroatoms. The normalized spacial score (nSPS) is 18.6. The third kappa shape index (κ3) is 9.27. The van der Waals surface area contributed by atoms with E-state index in [1.54, 1.807) is 0 Å². The number of benzene rings is 3. The van der Waals surface area contributed by atoms with Gasteiger partial charge in [-0.05, 0) is 47.0 Å². The summed E-state index contributed by atoms with van der Waals surface area (Å²) in [6.07, 6.45) is 2.57. The summed E-state index contributed by atoms with van der Waals surface area (Å²) in [5.41, 5.74) is 6.67. The molecular weight excluding hydrogens is 633 g/mol. The summed E-state index contributed by atoms with van der Waals surface area (Å²) < 4.78 is 11.1. The number of nitrogens with one attached hydrogen (secondary N) is 1. The first kappa shape index (κ1) is 33.4. The molecule has 0 radical (unpaired) electrons. The number of amides is 1. The largest absolute Gasteiger partial charge is 0.392 e. The topological polar surface area (TPSA) is 83.9 Å². The van der Waals surface area contributed by atoms with Crippen LogP contribution in [0.5, 0.6) is 0 Å². The van der Waals surface area contributed by atoms with Crippen molar-refractivity contribution in [2.75, 3.05) is 20.1 Å². The minimum atomic E-state index is -2.03. The van der Waals surface area contributed by atoms with Crippen molar-refractivity contribution >= 4 is 40.7 Å². The molecule has 0 saturated carbocycles. The van der Waals surface area contributed by atoms with Crippen molar-refractivity contribution in [3.05, 3.63) is 125 Å². The third-order valence-electron chi connectivity index (χ3n) is 7.81. The summed E-state index contributed by atoms with van der Waals surface area (Å²) in [6.45, 7) is 1.81. The summed E-state index contributed by atoms with van der Waals surface area (Å²) in [5.74, 6) is -0.679. The number of hydrogen-bond acceptors (Lipinski definition) is 6. The Labute approximate surface area is 279 Å². The first-order chi connectivity index (χ1) is 21.7. The molecule has 5 rings (SSSR count). The van der Waals surface area contributed by atoms with Gasteiger partial charge in [0.25, 0.3) is 9.70 Å². The van der Waals surface area contributed by atoms with E-state index < -0.39 is 16.0 Å². The number of carbonyl (C=O) groups is 1. The average molecular weight is 669 g/mol. The third-order valence-corrected chi connectivity index (χ3v) is 8.33. The van der Waals surface area contributed by atoms with Crippen molar-refractivity contribution in [1.29, 1.82) is 0 Å². The Morgan fingerprint density at radius 2 is 1.67 bits per heavy atom. The number of hydrogen-bond donors (Lipinski definition) is 2. The fraction of sp³-hybridized carbons (Fsp3) is 0.314. The lowest BCUT2D eigenvalue weighted by Gasteiger charge is -2.38. The number of aliphatic hydroxyl groups excluding tert-OH is 1. The van der Waals surface area contributed by atoms with E-state index in [0.717, 1.165) is 58.6 Å². The van der Waals surface area contributed by atoms with Crippen molar-refractivity contribution in [3.8, 4) is 11.1 Å². The zero-order chi connectivity index (χ0) is 31.8. The maximum Gasteiger partial charge on any atom is 0.272 e. The van der Waals surface area contributed by atoms with Crippen LogP contribution in [0.4, 0.5) is 0 Å². The standard InChI is InChI=1S/C35H36Cl3N3O4/c1-41(19-17-29-7-4-5-18-39-29)22-30-20-32(26-11-9-24(23-42)10-12-26)45-33(44-30)27-15-13-25(14-16-27)31-8-3-2-6-28(31)21-40-34(43)35(36,37)38/h2-16,18,30,32-33,42H,17,19-23H2,1H3,(H,40,43)/t30-,32+,33+/m0/s1. The van der Waals surface area contributed by atoms with E-state index in [9.17, 15) is 9.90 Å². The molecule has 1 aliphatic heterocycles. The Hall–Kier alpha value is -3.01. The van der Waals surface area contributed by atoms with Gasteiger partial charge in [-0.2, -0.15) is 0 Å². The van der Waals surface area contributed by atoms with Crippen molar-refractivity contribution in [1.82, 2.24) is 15.2 Å². The van der Waals surface area contributed by atoms with Gasteiger partial charge in [0.15, 0.2) is 6.29 Å². The van der Waals surface area contributed by atoms with E-state index >= 15 is 0 Å². The summed E-state index contributed by atoms with van der Waals surface area (Å²) in [6, 6.07) is 29.7. The Kier molecular flexibility index (Phi) is 11.5. The lowest BCUT2D eigenvalue weighted by atomic mass is 9.97. The first-order valence-electron chi connectivity index (χ1n) is 14.8. The Morgan fingerprint density at radius 3 is 2.36 bits per heavy atom. The lowest BCUT2D eigenvalue weighted by Crippen LogP contribution is -2.38. The van der Waals surface area contributed by atoms with Crippen LogP contribution < -0.4 is 5.32 Å². The van der Waals surface area contributed by atoms with Gasteiger partial charge < -0.3 is 24.8 Å².